The molecule has 0 bridgehead atoms. The van der Waals surface area contributed by atoms with Crippen molar-refractivity contribution < 1.29 is 23.8 Å². The van der Waals surface area contributed by atoms with E-state index in [-0.39, 0.29) is 12.1 Å². The number of benzene rings is 1. The molecule has 1 unspecified atom stereocenters. The fourth-order valence-electron chi connectivity index (χ4n) is 3.15. The fraction of sp³-hybridized carbons (Fsp3) is 0.524. The van der Waals surface area contributed by atoms with Crippen LogP contribution in [0.4, 0.5) is 4.79 Å². The molecule has 0 aromatic heterocycles. The molecule has 1 aliphatic rings. The molecule has 0 saturated heterocycles. The molecule has 1 aromatic rings. The Morgan fingerprint density at radius 3 is 2.59 bits per heavy atom. The minimum Gasteiger partial charge on any atom is -0.492 e. The Bertz CT molecular complexity index is 792. The van der Waals surface area contributed by atoms with Crippen LogP contribution >= 0.6 is 15.9 Å². The molecule has 29 heavy (non-hydrogen) atoms. The van der Waals surface area contributed by atoms with Crippen molar-refractivity contribution >= 4 is 27.9 Å². The molecule has 2 N–H and O–H groups in total. The van der Waals surface area contributed by atoms with E-state index in [0.717, 1.165) is 12.8 Å². The maximum absolute atomic E-state index is 13.0. The summed E-state index contributed by atoms with van der Waals surface area (Å²) in [5.41, 5.74) is 1.70. The van der Waals surface area contributed by atoms with Gasteiger partial charge in [-0.1, -0.05) is 13.3 Å². The van der Waals surface area contributed by atoms with Gasteiger partial charge in [0.15, 0.2) is 11.5 Å². The van der Waals surface area contributed by atoms with Gasteiger partial charge in [0, 0.05) is 5.70 Å². The van der Waals surface area contributed by atoms with E-state index in [1.807, 2.05) is 13.0 Å². The molecule has 7 nitrogen and oxygen atoms in total. The van der Waals surface area contributed by atoms with Gasteiger partial charge in [0.05, 0.1) is 35.9 Å². The van der Waals surface area contributed by atoms with Crippen LogP contribution in [0.1, 0.15) is 58.6 Å². The van der Waals surface area contributed by atoms with E-state index in [2.05, 4.69) is 33.5 Å². The Morgan fingerprint density at radius 1 is 1.28 bits per heavy atom. The molecule has 0 aliphatic carbocycles. The number of carbonyl (C=O) groups is 2. The highest BCUT2D eigenvalue weighted by atomic mass is 79.9. The number of halogens is 1. The Hall–Kier alpha value is -2.22. The number of esters is 1. The van der Waals surface area contributed by atoms with Gasteiger partial charge in [-0.15, -0.1) is 0 Å². The van der Waals surface area contributed by atoms with Gasteiger partial charge in [0.2, 0.25) is 0 Å². The summed E-state index contributed by atoms with van der Waals surface area (Å²) in [5.74, 6) is 0.629. The van der Waals surface area contributed by atoms with E-state index >= 15 is 0 Å². The van der Waals surface area contributed by atoms with Crippen LogP contribution < -0.4 is 20.1 Å². The number of urea groups is 1. The van der Waals surface area contributed by atoms with E-state index < -0.39 is 12.0 Å². The molecule has 1 heterocycles. The number of rotatable bonds is 9. The second-order valence-corrected chi connectivity index (χ2v) is 7.80. The average molecular weight is 469 g/mol. The molecule has 1 aliphatic heterocycles. The summed E-state index contributed by atoms with van der Waals surface area (Å²) < 4.78 is 17.3. The summed E-state index contributed by atoms with van der Waals surface area (Å²) in [5, 5.41) is 5.64. The first-order valence-corrected chi connectivity index (χ1v) is 10.6. The summed E-state index contributed by atoms with van der Waals surface area (Å²) in [6.45, 7) is 7.98. The van der Waals surface area contributed by atoms with Crippen molar-refractivity contribution in [1.82, 2.24) is 10.6 Å². The molecule has 2 amide bonds. The Balaban J connectivity index is 2.59. The highest BCUT2D eigenvalue weighted by Crippen LogP contribution is 2.40. The number of nitrogens with one attached hydrogen (secondary N) is 2. The van der Waals surface area contributed by atoms with Gasteiger partial charge in [0.1, 0.15) is 0 Å². The zero-order chi connectivity index (χ0) is 21.6. The van der Waals surface area contributed by atoms with Crippen LogP contribution in [0.3, 0.4) is 0 Å². The number of hydrogen-bond donors (Lipinski definition) is 2. The molecule has 0 saturated carbocycles. The zero-order valence-electron chi connectivity index (χ0n) is 17.6. The molecular formula is C21H29BrN2O5. The van der Waals surface area contributed by atoms with Gasteiger partial charge in [-0.2, -0.15) is 0 Å². The van der Waals surface area contributed by atoms with Gasteiger partial charge in [0.25, 0.3) is 0 Å². The highest BCUT2D eigenvalue weighted by molar-refractivity contribution is 9.10. The van der Waals surface area contributed by atoms with Gasteiger partial charge in [-0.3, -0.25) is 0 Å². The number of carbonyl (C=O) groups excluding carboxylic acids is 2. The molecular weight excluding hydrogens is 440 g/mol. The predicted octanol–water partition coefficient (Wildman–Crippen LogP) is 4.61. The highest BCUT2D eigenvalue weighted by Gasteiger charge is 2.34. The summed E-state index contributed by atoms with van der Waals surface area (Å²) >= 11 is 3.50. The van der Waals surface area contributed by atoms with Crippen molar-refractivity contribution in [2.75, 3.05) is 13.7 Å². The molecule has 1 atom stereocenters. The van der Waals surface area contributed by atoms with Gasteiger partial charge >= 0.3 is 12.0 Å². The third kappa shape index (κ3) is 5.65. The Labute approximate surface area is 180 Å². The smallest absolute Gasteiger partial charge is 0.338 e. The fourth-order valence-corrected chi connectivity index (χ4v) is 3.77. The number of ether oxygens (including phenoxy) is 3. The number of amides is 2. The molecule has 1 aromatic carbocycles. The second kappa shape index (κ2) is 10.5. The normalized spacial score (nSPS) is 16.4. The van der Waals surface area contributed by atoms with E-state index in [1.165, 1.54) is 0 Å². The van der Waals surface area contributed by atoms with Crippen LogP contribution in [0.2, 0.25) is 0 Å². The largest absolute Gasteiger partial charge is 0.492 e. The first-order valence-electron chi connectivity index (χ1n) is 9.84. The SMILES string of the molecule is CCCCC1=C(C(=O)OC(C)C)C(c2cc(Br)c(OC)c(OCC)c2)NC(=O)N1. The van der Waals surface area contributed by atoms with E-state index in [0.29, 0.717) is 45.8 Å². The Morgan fingerprint density at radius 2 is 2.00 bits per heavy atom. The lowest BCUT2D eigenvalue weighted by atomic mass is 9.93. The predicted molar refractivity (Wildman–Crippen MR) is 114 cm³/mol. The average Bonchev–Trinajstić information content (AvgIpc) is 2.65. The molecule has 160 valence electrons. The Kier molecular flexibility index (Phi) is 8.37. The molecule has 0 radical (unpaired) electrons. The standard InChI is InChI=1S/C21H29BrN2O5/c1-6-8-9-15-17(20(25)29-12(3)4)18(24-21(26)23-15)13-10-14(22)19(27-5)16(11-13)28-7-2/h10-12,18H,6-9H2,1-5H3,(H2,23,24,26). The summed E-state index contributed by atoms with van der Waals surface area (Å²) in [6.07, 6.45) is 2.09. The van der Waals surface area contributed by atoms with Crippen LogP contribution in [0.25, 0.3) is 0 Å². The molecule has 2 rings (SSSR count). The van der Waals surface area contributed by atoms with Crippen molar-refractivity contribution in [2.45, 2.75) is 59.1 Å². The van der Waals surface area contributed by atoms with E-state index in [9.17, 15) is 9.59 Å². The lowest BCUT2D eigenvalue weighted by molar-refractivity contribution is -0.143. The van der Waals surface area contributed by atoms with Gasteiger partial charge in [-0.25, -0.2) is 9.59 Å². The lowest BCUT2D eigenvalue weighted by Crippen LogP contribution is -2.46. The van der Waals surface area contributed by atoms with Crippen LogP contribution in [0, 0.1) is 0 Å². The molecule has 0 fully saturated rings. The minimum atomic E-state index is -0.664. The minimum absolute atomic E-state index is 0.276. The summed E-state index contributed by atoms with van der Waals surface area (Å²) in [4.78, 5) is 25.3. The third-order valence-electron chi connectivity index (χ3n) is 4.37. The van der Waals surface area contributed by atoms with Crippen LogP contribution in [0.15, 0.2) is 27.9 Å². The number of hydrogen-bond acceptors (Lipinski definition) is 5. The van der Waals surface area contributed by atoms with Crippen molar-refractivity contribution in [3.05, 3.63) is 33.4 Å². The van der Waals surface area contributed by atoms with Crippen LogP contribution in [0.5, 0.6) is 11.5 Å². The maximum atomic E-state index is 13.0. The van der Waals surface area contributed by atoms with Crippen molar-refractivity contribution in [2.24, 2.45) is 0 Å². The van der Waals surface area contributed by atoms with Crippen molar-refractivity contribution in [3.63, 3.8) is 0 Å². The number of allylic oxidation sites excluding steroid dienone is 1. The molecule has 8 heteroatoms. The van der Waals surface area contributed by atoms with Crippen molar-refractivity contribution in [1.29, 1.82) is 0 Å². The maximum Gasteiger partial charge on any atom is 0.338 e. The van der Waals surface area contributed by atoms with E-state index in [4.69, 9.17) is 14.2 Å². The zero-order valence-corrected chi connectivity index (χ0v) is 19.1. The monoisotopic (exact) mass is 468 g/mol. The summed E-state index contributed by atoms with van der Waals surface area (Å²) in [7, 11) is 1.56. The quantitative estimate of drug-likeness (QED) is 0.516. The first kappa shape index (κ1) is 23.1. The summed E-state index contributed by atoms with van der Waals surface area (Å²) in [6, 6.07) is 2.58. The van der Waals surface area contributed by atoms with Gasteiger partial charge < -0.3 is 24.8 Å². The second-order valence-electron chi connectivity index (χ2n) is 6.95. The van der Waals surface area contributed by atoms with Gasteiger partial charge in [-0.05, 0) is 67.2 Å². The first-order chi connectivity index (χ1) is 13.8. The lowest BCUT2D eigenvalue weighted by Gasteiger charge is -2.30. The van der Waals surface area contributed by atoms with Crippen LogP contribution in [-0.2, 0) is 9.53 Å². The number of methoxy groups -OCH3 is 1. The number of unbranched alkanes of at least 4 members (excludes halogenated alkanes) is 1. The van der Waals surface area contributed by atoms with Crippen LogP contribution in [-0.4, -0.2) is 31.8 Å². The topological polar surface area (TPSA) is 85.9 Å². The third-order valence-corrected chi connectivity index (χ3v) is 4.95. The molecule has 0 spiro atoms. The van der Waals surface area contributed by atoms with E-state index in [1.54, 1.807) is 27.0 Å². The van der Waals surface area contributed by atoms with Crippen molar-refractivity contribution in [3.8, 4) is 11.5 Å².